The van der Waals surface area contributed by atoms with Crippen molar-refractivity contribution < 1.29 is 9.18 Å². The minimum Gasteiger partial charge on any atom is -0.342 e. The van der Waals surface area contributed by atoms with E-state index in [-0.39, 0.29) is 11.7 Å². The monoisotopic (exact) mass is 236 g/mol. The molecule has 0 spiro atoms. The van der Waals surface area contributed by atoms with Crippen LogP contribution in [-0.2, 0) is 0 Å². The molecule has 0 atom stereocenters. The van der Waals surface area contributed by atoms with Gasteiger partial charge in [-0.3, -0.25) is 4.79 Å². The van der Waals surface area contributed by atoms with Gasteiger partial charge >= 0.3 is 0 Å². The highest BCUT2D eigenvalue weighted by molar-refractivity contribution is 5.93. The van der Waals surface area contributed by atoms with Crippen LogP contribution in [0.5, 0.6) is 0 Å². The first-order valence-electron chi connectivity index (χ1n) is 5.88. The van der Waals surface area contributed by atoms with E-state index in [1.807, 2.05) is 0 Å². The molecule has 0 aromatic heterocycles. The van der Waals surface area contributed by atoms with E-state index >= 15 is 0 Å². The van der Waals surface area contributed by atoms with Gasteiger partial charge in [-0.15, -0.1) is 0 Å². The topological polar surface area (TPSA) is 32.3 Å². The van der Waals surface area contributed by atoms with Crippen molar-refractivity contribution in [1.82, 2.24) is 10.2 Å². The summed E-state index contributed by atoms with van der Waals surface area (Å²) >= 11 is 0. The standard InChI is InChI=1S/C13H17FN2O/c1-16(7-6-10-8-15-9-10)13(17)11-2-4-12(14)5-3-11/h2-5,10,15H,6-9H2,1H3. The van der Waals surface area contributed by atoms with Crippen molar-refractivity contribution in [3.8, 4) is 0 Å². The number of nitrogens with one attached hydrogen (secondary N) is 1. The summed E-state index contributed by atoms with van der Waals surface area (Å²) in [6, 6.07) is 5.69. The lowest BCUT2D eigenvalue weighted by Gasteiger charge is -2.29. The summed E-state index contributed by atoms with van der Waals surface area (Å²) in [5.74, 6) is 0.334. The van der Waals surface area contributed by atoms with Crippen LogP contribution in [0, 0.1) is 11.7 Å². The molecular formula is C13H17FN2O. The number of nitrogens with zero attached hydrogens (tertiary/aromatic N) is 1. The van der Waals surface area contributed by atoms with E-state index in [1.165, 1.54) is 24.3 Å². The van der Waals surface area contributed by atoms with Gasteiger partial charge in [-0.1, -0.05) is 0 Å². The number of hydrogen-bond donors (Lipinski definition) is 1. The Morgan fingerprint density at radius 1 is 1.41 bits per heavy atom. The second kappa shape index (κ2) is 5.27. The highest BCUT2D eigenvalue weighted by Crippen LogP contribution is 2.11. The molecule has 0 aliphatic carbocycles. The lowest BCUT2D eigenvalue weighted by atomic mass is 9.99. The van der Waals surface area contributed by atoms with Crippen molar-refractivity contribution in [2.24, 2.45) is 5.92 Å². The van der Waals surface area contributed by atoms with Gasteiger partial charge in [0.2, 0.25) is 0 Å². The highest BCUT2D eigenvalue weighted by atomic mass is 19.1. The molecular weight excluding hydrogens is 219 g/mol. The molecule has 4 heteroatoms. The second-order valence-corrected chi connectivity index (χ2v) is 4.55. The summed E-state index contributed by atoms with van der Waals surface area (Å²) in [4.78, 5) is 13.7. The average molecular weight is 236 g/mol. The first kappa shape index (κ1) is 12.0. The van der Waals surface area contributed by atoms with Gasteiger partial charge in [-0.2, -0.15) is 0 Å². The number of hydrogen-bond acceptors (Lipinski definition) is 2. The van der Waals surface area contributed by atoms with Crippen LogP contribution in [0.3, 0.4) is 0 Å². The zero-order chi connectivity index (χ0) is 12.3. The van der Waals surface area contributed by atoms with Gasteiger partial charge in [0.15, 0.2) is 0 Å². The second-order valence-electron chi connectivity index (χ2n) is 4.55. The molecule has 1 aliphatic rings. The van der Waals surface area contributed by atoms with Crippen molar-refractivity contribution in [3.05, 3.63) is 35.6 Å². The van der Waals surface area contributed by atoms with Crippen LogP contribution >= 0.6 is 0 Å². The summed E-state index contributed by atoms with van der Waals surface area (Å²) in [5, 5.41) is 3.21. The minimum absolute atomic E-state index is 0.0442. The number of carbonyl (C=O) groups is 1. The Morgan fingerprint density at radius 3 is 2.59 bits per heavy atom. The number of benzene rings is 1. The summed E-state index contributed by atoms with van der Waals surface area (Å²) in [6.45, 7) is 2.86. The van der Waals surface area contributed by atoms with E-state index in [4.69, 9.17) is 0 Å². The van der Waals surface area contributed by atoms with Gasteiger partial charge < -0.3 is 10.2 Å². The Kier molecular flexibility index (Phi) is 3.74. The lowest BCUT2D eigenvalue weighted by Crippen LogP contribution is -2.43. The maximum absolute atomic E-state index is 12.7. The normalized spacial score (nSPS) is 15.4. The van der Waals surface area contributed by atoms with E-state index in [2.05, 4.69) is 5.32 Å². The molecule has 1 N–H and O–H groups in total. The molecule has 1 aromatic carbocycles. The molecule has 2 rings (SSSR count). The third kappa shape index (κ3) is 3.03. The van der Waals surface area contributed by atoms with Crippen molar-refractivity contribution in [2.75, 3.05) is 26.7 Å². The molecule has 0 saturated carbocycles. The largest absolute Gasteiger partial charge is 0.342 e. The number of rotatable bonds is 4. The fourth-order valence-corrected chi connectivity index (χ4v) is 1.84. The van der Waals surface area contributed by atoms with Crippen LogP contribution in [0.2, 0.25) is 0 Å². The van der Waals surface area contributed by atoms with Crippen LogP contribution in [0.15, 0.2) is 24.3 Å². The molecule has 1 aliphatic heterocycles. The molecule has 3 nitrogen and oxygen atoms in total. The van der Waals surface area contributed by atoms with Gasteiger partial charge in [0, 0.05) is 19.2 Å². The predicted molar refractivity (Wildman–Crippen MR) is 64.3 cm³/mol. The smallest absolute Gasteiger partial charge is 0.253 e. The SMILES string of the molecule is CN(CCC1CNC1)C(=O)c1ccc(F)cc1. The van der Waals surface area contributed by atoms with Crippen molar-refractivity contribution >= 4 is 5.91 Å². The predicted octanol–water partition coefficient (Wildman–Crippen LogP) is 1.51. The third-order valence-electron chi connectivity index (χ3n) is 3.18. The van der Waals surface area contributed by atoms with Crippen molar-refractivity contribution in [2.45, 2.75) is 6.42 Å². The van der Waals surface area contributed by atoms with E-state index in [0.29, 0.717) is 11.5 Å². The van der Waals surface area contributed by atoms with Crippen LogP contribution < -0.4 is 5.32 Å². The fourth-order valence-electron chi connectivity index (χ4n) is 1.84. The van der Waals surface area contributed by atoms with Crippen molar-refractivity contribution in [1.29, 1.82) is 0 Å². The third-order valence-corrected chi connectivity index (χ3v) is 3.18. The van der Waals surface area contributed by atoms with E-state index in [0.717, 1.165) is 26.1 Å². The van der Waals surface area contributed by atoms with Crippen LogP contribution in [0.25, 0.3) is 0 Å². The van der Waals surface area contributed by atoms with E-state index < -0.39 is 0 Å². The molecule has 0 radical (unpaired) electrons. The Morgan fingerprint density at radius 2 is 2.06 bits per heavy atom. The van der Waals surface area contributed by atoms with Crippen LogP contribution in [-0.4, -0.2) is 37.5 Å². The number of carbonyl (C=O) groups excluding carboxylic acids is 1. The van der Waals surface area contributed by atoms with Crippen molar-refractivity contribution in [3.63, 3.8) is 0 Å². The molecule has 92 valence electrons. The average Bonchev–Trinajstić information content (AvgIpc) is 2.27. The molecule has 0 bridgehead atoms. The van der Waals surface area contributed by atoms with Gasteiger partial charge in [-0.25, -0.2) is 4.39 Å². The summed E-state index contributed by atoms with van der Waals surface area (Å²) in [6.07, 6.45) is 1.02. The fraction of sp³-hybridized carbons (Fsp3) is 0.462. The van der Waals surface area contributed by atoms with Gasteiger partial charge in [-0.05, 0) is 49.7 Å². The minimum atomic E-state index is -0.315. The molecule has 1 fully saturated rings. The van der Waals surface area contributed by atoms with Gasteiger partial charge in [0.1, 0.15) is 5.82 Å². The highest BCUT2D eigenvalue weighted by Gasteiger charge is 2.18. The van der Waals surface area contributed by atoms with E-state index in [9.17, 15) is 9.18 Å². The number of amides is 1. The summed E-state index contributed by atoms with van der Waals surface area (Å²) in [5.41, 5.74) is 0.542. The molecule has 17 heavy (non-hydrogen) atoms. The maximum atomic E-state index is 12.7. The first-order valence-corrected chi connectivity index (χ1v) is 5.88. The van der Waals surface area contributed by atoms with Gasteiger partial charge in [0.25, 0.3) is 5.91 Å². The van der Waals surface area contributed by atoms with Crippen LogP contribution in [0.1, 0.15) is 16.8 Å². The maximum Gasteiger partial charge on any atom is 0.253 e. The lowest BCUT2D eigenvalue weighted by molar-refractivity contribution is 0.0782. The van der Waals surface area contributed by atoms with Crippen LogP contribution in [0.4, 0.5) is 4.39 Å². The molecule has 1 aromatic rings. The Labute approximate surface area is 101 Å². The Hall–Kier alpha value is -1.42. The molecule has 1 saturated heterocycles. The van der Waals surface area contributed by atoms with Gasteiger partial charge in [0.05, 0.1) is 0 Å². The summed E-state index contributed by atoms with van der Waals surface area (Å²) < 4.78 is 12.7. The van der Waals surface area contributed by atoms with E-state index in [1.54, 1.807) is 11.9 Å². The number of halogens is 1. The Bertz CT molecular complexity index is 387. The Balaban J connectivity index is 1.87. The zero-order valence-corrected chi connectivity index (χ0v) is 9.95. The molecule has 0 unspecified atom stereocenters. The zero-order valence-electron chi connectivity index (χ0n) is 9.95. The molecule has 1 heterocycles. The summed E-state index contributed by atoms with van der Waals surface area (Å²) in [7, 11) is 1.79. The molecule has 1 amide bonds. The quantitative estimate of drug-likeness (QED) is 0.859. The first-order chi connectivity index (χ1) is 8.16.